The normalized spacial score (nSPS) is 9.36. The lowest BCUT2D eigenvalue weighted by Gasteiger charge is -2.12. The average Bonchev–Trinajstić information content (AvgIpc) is 2.51. The summed E-state index contributed by atoms with van der Waals surface area (Å²) < 4.78 is 9.02. The molecule has 0 atom stereocenters. The molecule has 0 amide bonds. The maximum atomic E-state index is 10.9. The minimum absolute atomic E-state index is 0.255. The van der Waals surface area contributed by atoms with Crippen molar-refractivity contribution in [3.63, 3.8) is 0 Å². The number of ether oxygens (including phenoxy) is 2. The zero-order valence-electron chi connectivity index (χ0n) is 12.7. The molecule has 0 aliphatic carbocycles. The Labute approximate surface area is 140 Å². The monoisotopic (exact) mass is 350 g/mol. The van der Waals surface area contributed by atoms with Gasteiger partial charge in [0.1, 0.15) is 0 Å². The third-order valence-corrected chi connectivity index (χ3v) is 2.96. The van der Waals surface area contributed by atoms with Gasteiger partial charge in [-0.1, -0.05) is 0 Å². The third kappa shape index (κ3) is 12.1. The Kier molecular flexibility index (Phi) is 12.0. The summed E-state index contributed by atoms with van der Waals surface area (Å²) in [7, 11) is 2.68. The molecular formula is C12H22N4O4S2. The fourth-order valence-corrected chi connectivity index (χ4v) is 1.65. The van der Waals surface area contributed by atoms with E-state index in [9.17, 15) is 9.59 Å². The molecule has 0 bridgehead atoms. The Hall–Kier alpha value is -1.68. The quantitative estimate of drug-likeness (QED) is 0.236. The zero-order valence-corrected chi connectivity index (χ0v) is 14.3. The molecule has 0 aromatic rings. The third-order valence-electron chi connectivity index (χ3n) is 2.38. The second-order valence-corrected chi connectivity index (χ2v) is 4.83. The number of esters is 2. The highest BCUT2D eigenvalue weighted by Gasteiger charge is 2.02. The summed E-state index contributed by atoms with van der Waals surface area (Å²) in [5, 5.41) is 12.6. The van der Waals surface area contributed by atoms with Crippen LogP contribution in [0.25, 0.3) is 0 Å². The predicted octanol–water partition coefficient (Wildman–Crippen LogP) is -0.959. The van der Waals surface area contributed by atoms with E-state index in [0.29, 0.717) is 36.4 Å². The van der Waals surface area contributed by atoms with Gasteiger partial charge in [-0.3, -0.25) is 9.59 Å². The number of nitrogens with one attached hydrogen (secondary N) is 4. The van der Waals surface area contributed by atoms with Crippen molar-refractivity contribution in [2.75, 3.05) is 40.4 Å². The molecule has 0 saturated carbocycles. The van der Waals surface area contributed by atoms with Gasteiger partial charge in [-0.25, -0.2) is 0 Å². The van der Waals surface area contributed by atoms with Crippen LogP contribution < -0.4 is 21.3 Å². The Morgan fingerprint density at radius 2 is 1.05 bits per heavy atom. The molecule has 126 valence electrons. The number of carbonyl (C=O) groups excluding carboxylic acids is 2. The Balaban J connectivity index is 3.50. The van der Waals surface area contributed by atoms with Gasteiger partial charge in [-0.05, 0) is 24.4 Å². The van der Waals surface area contributed by atoms with E-state index in [0.717, 1.165) is 0 Å². The van der Waals surface area contributed by atoms with Gasteiger partial charge in [-0.15, -0.1) is 0 Å². The lowest BCUT2D eigenvalue weighted by Crippen LogP contribution is -2.43. The first-order chi connectivity index (χ1) is 10.5. The first kappa shape index (κ1) is 20.3. The average molecular weight is 350 g/mol. The molecule has 0 aliphatic heterocycles. The van der Waals surface area contributed by atoms with Crippen LogP contribution in [0.2, 0.25) is 0 Å². The zero-order chi connectivity index (χ0) is 16.8. The summed E-state index contributed by atoms with van der Waals surface area (Å²) in [6.07, 6.45) is 0.509. The summed E-state index contributed by atoms with van der Waals surface area (Å²) in [5.41, 5.74) is 0. The standard InChI is InChI=1S/C12H22N4O4S2/c1-19-9(17)3-5-13-11(21)15-7-8-16-12(22)14-6-4-10(18)20-2/h3-8H2,1-2H3,(H2,13,15,21)(H2,14,16,22). The molecule has 0 aliphatic rings. The topological polar surface area (TPSA) is 101 Å². The molecule has 10 heteroatoms. The number of hydrogen-bond acceptors (Lipinski definition) is 6. The van der Waals surface area contributed by atoms with Crippen molar-refractivity contribution >= 4 is 46.6 Å². The Bertz CT molecular complexity index is 357. The largest absolute Gasteiger partial charge is 0.469 e. The molecule has 0 aromatic carbocycles. The van der Waals surface area contributed by atoms with Crippen LogP contribution in [0.5, 0.6) is 0 Å². The number of thiocarbonyl (C=S) groups is 2. The van der Waals surface area contributed by atoms with Crippen LogP contribution in [-0.4, -0.2) is 62.6 Å². The number of methoxy groups -OCH3 is 2. The van der Waals surface area contributed by atoms with Crippen LogP contribution in [-0.2, 0) is 19.1 Å². The maximum absolute atomic E-state index is 10.9. The molecule has 0 saturated heterocycles. The minimum atomic E-state index is -0.291. The van der Waals surface area contributed by atoms with E-state index in [2.05, 4.69) is 30.7 Å². The fourth-order valence-electron chi connectivity index (χ4n) is 1.24. The summed E-state index contributed by atoms with van der Waals surface area (Å²) in [6, 6.07) is 0. The van der Waals surface area contributed by atoms with Crippen LogP contribution in [0, 0.1) is 0 Å². The molecule has 0 aromatic heterocycles. The Morgan fingerprint density at radius 1 is 0.727 bits per heavy atom. The van der Waals surface area contributed by atoms with Crippen molar-refractivity contribution in [2.45, 2.75) is 12.8 Å². The van der Waals surface area contributed by atoms with Crippen molar-refractivity contribution in [3.8, 4) is 0 Å². The van der Waals surface area contributed by atoms with Gasteiger partial charge in [0.2, 0.25) is 0 Å². The van der Waals surface area contributed by atoms with E-state index in [1.807, 2.05) is 0 Å². The second-order valence-electron chi connectivity index (χ2n) is 4.02. The van der Waals surface area contributed by atoms with Gasteiger partial charge >= 0.3 is 11.9 Å². The highest BCUT2D eigenvalue weighted by atomic mass is 32.1. The van der Waals surface area contributed by atoms with Crippen LogP contribution >= 0.6 is 24.4 Å². The van der Waals surface area contributed by atoms with Crippen LogP contribution in [0.3, 0.4) is 0 Å². The van der Waals surface area contributed by atoms with E-state index in [4.69, 9.17) is 24.4 Å². The minimum Gasteiger partial charge on any atom is -0.469 e. The molecule has 0 spiro atoms. The van der Waals surface area contributed by atoms with Crippen LogP contribution in [0.4, 0.5) is 0 Å². The van der Waals surface area contributed by atoms with E-state index in [1.54, 1.807) is 0 Å². The van der Waals surface area contributed by atoms with Crippen LogP contribution in [0.1, 0.15) is 12.8 Å². The molecule has 0 unspecified atom stereocenters. The van der Waals surface area contributed by atoms with Gasteiger partial charge in [0, 0.05) is 26.2 Å². The van der Waals surface area contributed by atoms with Crippen molar-refractivity contribution in [1.82, 2.24) is 21.3 Å². The Morgan fingerprint density at radius 3 is 1.36 bits per heavy atom. The number of carbonyl (C=O) groups is 2. The molecule has 0 rings (SSSR count). The van der Waals surface area contributed by atoms with Crippen molar-refractivity contribution in [3.05, 3.63) is 0 Å². The summed E-state index contributed by atoms with van der Waals surface area (Å²) in [4.78, 5) is 21.8. The van der Waals surface area contributed by atoms with E-state index in [1.165, 1.54) is 14.2 Å². The van der Waals surface area contributed by atoms with Crippen LogP contribution in [0.15, 0.2) is 0 Å². The first-order valence-electron chi connectivity index (χ1n) is 6.66. The van der Waals surface area contributed by atoms with E-state index < -0.39 is 0 Å². The van der Waals surface area contributed by atoms with E-state index >= 15 is 0 Å². The molecule has 0 heterocycles. The molecule has 0 radical (unpaired) electrons. The highest BCUT2D eigenvalue weighted by Crippen LogP contribution is 1.82. The smallest absolute Gasteiger partial charge is 0.307 e. The molecule has 22 heavy (non-hydrogen) atoms. The van der Waals surface area contributed by atoms with Gasteiger partial charge < -0.3 is 30.7 Å². The first-order valence-corrected chi connectivity index (χ1v) is 7.48. The number of rotatable bonds is 9. The molecule has 4 N–H and O–H groups in total. The highest BCUT2D eigenvalue weighted by molar-refractivity contribution is 7.80. The van der Waals surface area contributed by atoms with Gasteiger partial charge in [0.05, 0.1) is 27.1 Å². The SMILES string of the molecule is COC(=O)CCNC(=S)NCCNC(=S)NCCC(=O)OC. The molecule has 0 fully saturated rings. The lowest BCUT2D eigenvalue weighted by atomic mass is 10.4. The van der Waals surface area contributed by atoms with Crippen molar-refractivity contribution < 1.29 is 19.1 Å². The van der Waals surface area contributed by atoms with E-state index in [-0.39, 0.29) is 24.8 Å². The lowest BCUT2D eigenvalue weighted by molar-refractivity contribution is -0.141. The maximum Gasteiger partial charge on any atom is 0.307 e. The predicted molar refractivity (Wildman–Crippen MR) is 90.5 cm³/mol. The molecule has 8 nitrogen and oxygen atoms in total. The van der Waals surface area contributed by atoms with Crippen molar-refractivity contribution in [1.29, 1.82) is 0 Å². The van der Waals surface area contributed by atoms with Gasteiger partial charge in [0.25, 0.3) is 0 Å². The van der Waals surface area contributed by atoms with Gasteiger partial charge in [0.15, 0.2) is 10.2 Å². The summed E-state index contributed by atoms with van der Waals surface area (Å²) in [6.45, 7) is 1.95. The van der Waals surface area contributed by atoms with Crippen molar-refractivity contribution in [2.24, 2.45) is 0 Å². The summed E-state index contributed by atoms with van der Waals surface area (Å²) in [5.74, 6) is -0.583. The fraction of sp³-hybridized carbons (Fsp3) is 0.667. The van der Waals surface area contributed by atoms with Gasteiger partial charge in [-0.2, -0.15) is 0 Å². The molecular weight excluding hydrogens is 328 g/mol. The second kappa shape index (κ2) is 13.0. The number of hydrogen-bond donors (Lipinski definition) is 4. The summed E-state index contributed by atoms with van der Waals surface area (Å²) >= 11 is 10.1.